The van der Waals surface area contributed by atoms with Gasteiger partial charge in [0.2, 0.25) is 5.78 Å². The van der Waals surface area contributed by atoms with Gasteiger partial charge in [-0.05, 0) is 37.0 Å². The number of ketones is 1. The van der Waals surface area contributed by atoms with Crippen molar-refractivity contribution in [2.75, 3.05) is 33.9 Å². The molecule has 8 heteroatoms. The minimum absolute atomic E-state index is 0.0998. The Balaban J connectivity index is 1.49. The van der Waals surface area contributed by atoms with Crippen LogP contribution in [0, 0.1) is 0 Å². The summed E-state index contributed by atoms with van der Waals surface area (Å²) in [4.78, 5) is 41.3. The Labute approximate surface area is 175 Å². The number of H-pyrrole nitrogens is 1. The van der Waals surface area contributed by atoms with Crippen LogP contribution in [0.25, 0.3) is 0 Å². The molecule has 0 saturated carbocycles. The Morgan fingerprint density at radius 1 is 1.10 bits per heavy atom. The van der Waals surface area contributed by atoms with E-state index in [2.05, 4.69) is 4.98 Å². The highest BCUT2D eigenvalue weighted by atomic mass is 16.5. The number of amides is 1. The molecule has 3 rings (SSSR count). The van der Waals surface area contributed by atoms with Crippen LogP contribution in [0.2, 0.25) is 0 Å². The number of carbonyl (C=O) groups excluding carboxylic acids is 3. The fourth-order valence-corrected chi connectivity index (χ4v) is 3.46. The normalized spacial score (nSPS) is 13.2. The van der Waals surface area contributed by atoms with Crippen LogP contribution in [0.4, 0.5) is 0 Å². The van der Waals surface area contributed by atoms with E-state index in [-0.39, 0.29) is 24.7 Å². The van der Waals surface area contributed by atoms with Gasteiger partial charge in [-0.15, -0.1) is 0 Å². The van der Waals surface area contributed by atoms with Crippen molar-refractivity contribution in [3.05, 3.63) is 47.3 Å². The molecule has 8 nitrogen and oxygen atoms in total. The van der Waals surface area contributed by atoms with Gasteiger partial charge in [0.25, 0.3) is 5.91 Å². The van der Waals surface area contributed by atoms with E-state index < -0.39 is 5.97 Å². The SMILES string of the molecule is COc1cccc(CCC(=O)OCC(=O)c2c[nH]c(C(=O)N3CCCC3)c2)c1OC. The van der Waals surface area contributed by atoms with Crippen molar-refractivity contribution in [1.29, 1.82) is 0 Å². The van der Waals surface area contributed by atoms with Crippen LogP contribution in [-0.2, 0) is 16.0 Å². The van der Waals surface area contributed by atoms with Crippen molar-refractivity contribution < 1.29 is 28.6 Å². The number of para-hydroxylation sites is 1. The highest BCUT2D eigenvalue weighted by Gasteiger charge is 2.22. The van der Waals surface area contributed by atoms with Gasteiger partial charge in [0.05, 0.1) is 14.2 Å². The van der Waals surface area contributed by atoms with Crippen molar-refractivity contribution in [3.8, 4) is 11.5 Å². The number of Topliss-reactive ketones (excluding diaryl/α,β-unsaturated/α-hetero) is 1. The maximum atomic E-state index is 12.3. The number of carbonyl (C=O) groups is 3. The number of hydrogen-bond acceptors (Lipinski definition) is 6. The predicted molar refractivity (Wildman–Crippen MR) is 109 cm³/mol. The highest BCUT2D eigenvalue weighted by molar-refractivity contribution is 6.01. The Hall–Kier alpha value is -3.29. The molecule has 0 radical (unpaired) electrons. The van der Waals surface area contributed by atoms with Gasteiger partial charge in [-0.3, -0.25) is 14.4 Å². The number of aryl methyl sites for hydroxylation is 1. The first-order chi connectivity index (χ1) is 14.5. The van der Waals surface area contributed by atoms with E-state index in [1.54, 1.807) is 18.1 Å². The van der Waals surface area contributed by atoms with Gasteiger partial charge >= 0.3 is 5.97 Å². The molecule has 1 saturated heterocycles. The molecule has 1 aliphatic rings. The smallest absolute Gasteiger partial charge is 0.306 e. The second kappa shape index (κ2) is 9.96. The predicted octanol–water partition coefficient (Wildman–Crippen LogP) is 2.63. The second-order valence-electron chi connectivity index (χ2n) is 7.04. The molecule has 1 fully saturated rings. The minimum atomic E-state index is -0.489. The molecule has 1 amide bonds. The zero-order chi connectivity index (χ0) is 21.5. The van der Waals surface area contributed by atoms with Crippen molar-refractivity contribution in [2.24, 2.45) is 0 Å². The van der Waals surface area contributed by atoms with Gasteiger partial charge in [0.1, 0.15) is 5.69 Å². The lowest BCUT2D eigenvalue weighted by molar-refractivity contribution is -0.142. The summed E-state index contributed by atoms with van der Waals surface area (Å²) in [5, 5.41) is 0. The van der Waals surface area contributed by atoms with Crippen molar-refractivity contribution >= 4 is 17.7 Å². The largest absolute Gasteiger partial charge is 0.493 e. The van der Waals surface area contributed by atoms with Gasteiger partial charge in [0.15, 0.2) is 18.1 Å². The molecule has 2 heterocycles. The van der Waals surface area contributed by atoms with Crippen LogP contribution in [0.5, 0.6) is 11.5 Å². The number of aromatic amines is 1. The van der Waals surface area contributed by atoms with E-state index in [9.17, 15) is 14.4 Å². The molecule has 0 bridgehead atoms. The number of rotatable bonds is 9. The molecule has 1 N–H and O–H groups in total. The average Bonchev–Trinajstić information content (AvgIpc) is 3.47. The zero-order valence-electron chi connectivity index (χ0n) is 17.2. The lowest BCUT2D eigenvalue weighted by Crippen LogP contribution is -2.27. The lowest BCUT2D eigenvalue weighted by Gasteiger charge is -2.13. The maximum absolute atomic E-state index is 12.3. The number of methoxy groups -OCH3 is 2. The number of likely N-dealkylation sites (tertiary alicyclic amines) is 1. The Bertz CT molecular complexity index is 914. The quantitative estimate of drug-likeness (QED) is 0.500. The van der Waals surface area contributed by atoms with Gasteiger partial charge in [-0.25, -0.2) is 0 Å². The number of nitrogens with zero attached hydrogens (tertiary/aromatic N) is 1. The first-order valence-corrected chi connectivity index (χ1v) is 9.90. The molecule has 30 heavy (non-hydrogen) atoms. The highest BCUT2D eigenvalue weighted by Crippen LogP contribution is 2.31. The number of aromatic nitrogens is 1. The number of benzene rings is 1. The van der Waals surface area contributed by atoms with Crippen molar-refractivity contribution in [1.82, 2.24) is 9.88 Å². The lowest BCUT2D eigenvalue weighted by atomic mass is 10.1. The van der Waals surface area contributed by atoms with Crippen LogP contribution < -0.4 is 9.47 Å². The number of nitrogens with one attached hydrogen (secondary N) is 1. The Morgan fingerprint density at radius 2 is 1.87 bits per heavy atom. The molecule has 1 aromatic carbocycles. The summed E-state index contributed by atoms with van der Waals surface area (Å²) in [6.45, 7) is 1.09. The average molecular weight is 414 g/mol. The molecule has 1 aliphatic heterocycles. The van der Waals surface area contributed by atoms with E-state index >= 15 is 0 Å². The van der Waals surface area contributed by atoms with Crippen molar-refractivity contribution in [2.45, 2.75) is 25.7 Å². The van der Waals surface area contributed by atoms with Gasteiger partial charge in [-0.1, -0.05) is 12.1 Å². The minimum Gasteiger partial charge on any atom is -0.493 e. The van der Waals surface area contributed by atoms with Crippen molar-refractivity contribution in [3.63, 3.8) is 0 Å². The first kappa shape index (κ1) is 21.4. The van der Waals surface area contributed by atoms with E-state index in [4.69, 9.17) is 14.2 Å². The summed E-state index contributed by atoms with van der Waals surface area (Å²) in [6.07, 6.45) is 3.96. The third-order valence-electron chi connectivity index (χ3n) is 5.08. The molecule has 0 spiro atoms. The monoisotopic (exact) mass is 414 g/mol. The molecular formula is C22H26N2O6. The number of hydrogen-bond donors (Lipinski definition) is 1. The summed E-state index contributed by atoms with van der Waals surface area (Å²) in [6, 6.07) is 6.95. The standard InChI is InChI=1S/C22H26N2O6/c1-28-19-7-5-6-15(21(19)29-2)8-9-20(26)30-14-18(25)16-12-17(23-13-16)22(27)24-10-3-4-11-24/h5-7,12-13,23H,3-4,8-11,14H2,1-2H3. The molecule has 0 unspecified atom stereocenters. The van der Waals surface area contributed by atoms with E-state index in [0.717, 1.165) is 31.5 Å². The fraction of sp³-hybridized carbons (Fsp3) is 0.409. The molecule has 0 aliphatic carbocycles. The Morgan fingerprint density at radius 3 is 2.57 bits per heavy atom. The summed E-state index contributed by atoms with van der Waals surface area (Å²) in [7, 11) is 3.09. The zero-order valence-corrected chi connectivity index (χ0v) is 17.2. The third kappa shape index (κ3) is 5.00. The molecule has 2 aromatic rings. The van der Waals surface area contributed by atoms with Gasteiger partial charge < -0.3 is 24.1 Å². The fourth-order valence-electron chi connectivity index (χ4n) is 3.46. The van der Waals surface area contributed by atoms with Crippen LogP contribution in [0.3, 0.4) is 0 Å². The van der Waals surface area contributed by atoms with Gasteiger partial charge in [0, 0.05) is 31.3 Å². The number of ether oxygens (including phenoxy) is 3. The van der Waals surface area contributed by atoms with Crippen LogP contribution in [0.15, 0.2) is 30.5 Å². The molecule has 160 valence electrons. The van der Waals surface area contributed by atoms with Gasteiger partial charge in [-0.2, -0.15) is 0 Å². The summed E-state index contributed by atoms with van der Waals surface area (Å²) >= 11 is 0. The maximum Gasteiger partial charge on any atom is 0.306 e. The summed E-state index contributed by atoms with van der Waals surface area (Å²) < 4.78 is 15.7. The van der Waals surface area contributed by atoms with Crippen LogP contribution in [0.1, 0.15) is 45.7 Å². The van der Waals surface area contributed by atoms with Crippen LogP contribution >= 0.6 is 0 Å². The summed E-state index contributed by atoms with van der Waals surface area (Å²) in [5.74, 6) is 0.198. The van der Waals surface area contributed by atoms with E-state index in [0.29, 0.717) is 29.2 Å². The van der Waals surface area contributed by atoms with E-state index in [1.165, 1.54) is 19.4 Å². The van der Waals surface area contributed by atoms with E-state index in [1.807, 2.05) is 12.1 Å². The molecule has 1 aromatic heterocycles. The first-order valence-electron chi connectivity index (χ1n) is 9.90. The Kier molecular flexibility index (Phi) is 7.11. The number of esters is 1. The topological polar surface area (TPSA) is 97.9 Å². The van der Waals surface area contributed by atoms with Crippen LogP contribution in [-0.4, -0.2) is 61.5 Å². The molecular weight excluding hydrogens is 388 g/mol. The second-order valence-corrected chi connectivity index (χ2v) is 7.04. The summed E-state index contributed by atoms with van der Waals surface area (Å²) in [5.41, 5.74) is 1.51. The molecule has 0 atom stereocenters. The third-order valence-corrected chi connectivity index (χ3v) is 5.08.